The minimum absolute atomic E-state index is 0.195. The molecular weight excluding hydrogens is 427 g/mol. The molecule has 2 aromatic heterocycles. The summed E-state index contributed by atoms with van der Waals surface area (Å²) in [5.74, 6) is 4.36. The zero-order valence-electron chi connectivity index (χ0n) is 17.4. The van der Waals surface area contributed by atoms with Crippen molar-refractivity contribution in [2.24, 2.45) is 7.05 Å². The first-order valence-electron chi connectivity index (χ1n) is 9.75. The van der Waals surface area contributed by atoms with Crippen LogP contribution in [0, 0.1) is 24.6 Å². The van der Waals surface area contributed by atoms with Gasteiger partial charge in [-0.15, -0.1) is 0 Å². The molecular formula is C25H18ClFN4O. The summed E-state index contributed by atoms with van der Waals surface area (Å²) in [6.45, 7) is 1.88. The Hall–Kier alpha value is -3.95. The second-order valence-corrected chi connectivity index (χ2v) is 7.53. The first-order valence-corrected chi connectivity index (χ1v) is 10.1. The Morgan fingerprint density at radius 1 is 1.09 bits per heavy atom. The molecule has 0 aliphatic rings. The van der Waals surface area contributed by atoms with Gasteiger partial charge in [-0.05, 0) is 42.8 Å². The number of aromatic nitrogens is 3. The molecule has 4 aromatic rings. The van der Waals surface area contributed by atoms with Gasteiger partial charge in [-0.25, -0.2) is 9.37 Å². The van der Waals surface area contributed by atoms with Crippen LogP contribution in [0.5, 0.6) is 0 Å². The van der Waals surface area contributed by atoms with Gasteiger partial charge in [0.2, 0.25) is 0 Å². The van der Waals surface area contributed by atoms with Gasteiger partial charge >= 0.3 is 0 Å². The van der Waals surface area contributed by atoms with E-state index in [9.17, 15) is 9.18 Å². The standard InChI is InChI=1S/C25H18ClFN4O/c1-16-21(15-31(2)30-16)19-10-11-22(26)20(13-19)25(32)29-24-23(27)12-18(14-28-24)9-8-17-6-4-3-5-7-17/h3-7,10-15H,1-2H3,(H,28,29,32). The number of carbonyl (C=O) groups excluding carboxylic acids is 1. The summed E-state index contributed by atoms with van der Waals surface area (Å²) in [5, 5.41) is 7.06. The maximum atomic E-state index is 14.6. The smallest absolute Gasteiger partial charge is 0.258 e. The monoisotopic (exact) mass is 444 g/mol. The molecule has 1 amide bonds. The number of aryl methyl sites for hydroxylation is 2. The van der Waals surface area contributed by atoms with Crippen LogP contribution in [0.3, 0.4) is 0 Å². The molecule has 1 N–H and O–H groups in total. The number of halogens is 2. The van der Waals surface area contributed by atoms with Crippen molar-refractivity contribution in [2.45, 2.75) is 6.92 Å². The highest BCUT2D eigenvalue weighted by atomic mass is 35.5. The molecule has 0 aliphatic heterocycles. The van der Waals surface area contributed by atoms with Crippen LogP contribution in [0.15, 0.2) is 67.0 Å². The normalized spacial score (nSPS) is 10.4. The fourth-order valence-electron chi connectivity index (χ4n) is 3.19. The van der Waals surface area contributed by atoms with Crippen molar-refractivity contribution in [2.75, 3.05) is 5.32 Å². The summed E-state index contributed by atoms with van der Waals surface area (Å²) in [6.07, 6.45) is 3.27. The van der Waals surface area contributed by atoms with Crippen molar-refractivity contribution in [3.8, 4) is 23.0 Å². The maximum Gasteiger partial charge on any atom is 0.258 e. The van der Waals surface area contributed by atoms with Gasteiger partial charge in [0.15, 0.2) is 11.6 Å². The van der Waals surface area contributed by atoms with E-state index in [1.165, 1.54) is 12.3 Å². The zero-order valence-corrected chi connectivity index (χ0v) is 18.1. The number of nitrogens with one attached hydrogen (secondary N) is 1. The van der Waals surface area contributed by atoms with Gasteiger partial charge in [0, 0.05) is 36.1 Å². The minimum Gasteiger partial charge on any atom is -0.304 e. The predicted molar refractivity (Wildman–Crippen MR) is 123 cm³/mol. The molecule has 2 heterocycles. The lowest BCUT2D eigenvalue weighted by Crippen LogP contribution is -2.15. The molecule has 0 atom stereocenters. The number of amides is 1. The van der Waals surface area contributed by atoms with E-state index in [0.29, 0.717) is 5.56 Å². The molecule has 7 heteroatoms. The van der Waals surface area contributed by atoms with E-state index in [1.807, 2.05) is 56.6 Å². The van der Waals surface area contributed by atoms with Crippen LogP contribution in [0.2, 0.25) is 5.02 Å². The molecule has 0 saturated heterocycles. The Kier molecular flexibility index (Phi) is 6.02. The average molecular weight is 445 g/mol. The van der Waals surface area contributed by atoms with Crippen LogP contribution in [0.1, 0.15) is 27.2 Å². The molecule has 0 radical (unpaired) electrons. The minimum atomic E-state index is -0.686. The second kappa shape index (κ2) is 9.04. The van der Waals surface area contributed by atoms with Crippen LogP contribution in [0.25, 0.3) is 11.1 Å². The van der Waals surface area contributed by atoms with Crippen molar-refractivity contribution in [1.82, 2.24) is 14.8 Å². The van der Waals surface area contributed by atoms with Gasteiger partial charge in [-0.3, -0.25) is 9.48 Å². The van der Waals surface area contributed by atoms with Gasteiger partial charge in [0.25, 0.3) is 5.91 Å². The molecule has 5 nitrogen and oxygen atoms in total. The van der Waals surface area contributed by atoms with E-state index in [0.717, 1.165) is 22.4 Å². The number of anilines is 1. The van der Waals surface area contributed by atoms with Gasteiger partial charge in [-0.1, -0.05) is 47.7 Å². The van der Waals surface area contributed by atoms with E-state index in [-0.39, 0.29) is 16.4 Å². The SMILES string of the molecule is Cc1nn(C)cc1-c1ccc(Cl)c(C(=O)Nc2ncc(C#Cc3ccccc3)cc2F)c1. The van der Waals surface area contributed by atoms with E-state index in [1.54, 1.807) is 16.8 Å². The third-order valence-electron chi connectivity index (χ3n) is 4.73. The average Bonchev–Trinajstić information content (AvgIpc) is 3.12. The summed E-state index contributed by atoms with van der Waals surface area (Å²) in [5.41, 5.74) is 3.90. The number of nitrogens with zero attached hydrogens (tertiary/aromatic N) is 3. The molecule has 0 unspecified atom stereocenters. The largest absolute Gasteiger partial charge is 0.304 e. The molecule has 4 rings (SSSR count). The lowest BCUT2D eigenvalue weighted by Gasteiger charge is -2.09. The highest BCUT2D eigenvalue weighted by Gasteiger charge is 2.16. The Labute approximate surface area is 189 Å². The highest BCUT2D eigenvalue weighted by Crippen LogP contribution is 2.28. The van der Waals surface area contributed by atoms with Crippen molar-refractivity contribution in [3.05, 3.63) is 100 Å². The number of carbonyl (C=O) groups is 1. The number of benzene rings is 2. The first-order chi connectivity index (χ1) is 15.4. The van der Waals surface area contributed by atoms with Crippen molar-refractivity contribution >= 4 is 23.3 Å². The van der Waals surface area contributed by atoms with Crippen LogP contribution >= 0.6 is 11.6 Å². The Bertz CT molecular complexity index is 1370. The van der Waals surface area contributed by atoms with Crippen molar-refractivity contribution < 1.29 is 9.18 Å². The Morgan fingerprint density at radius 3 is 2.53 bits per heavy atom. The summed E-state index contributed by atoms with van der Waals surface area (Å²) in [7, 11) is 1.82. The van der Waals surface area contributed by atoms with E-state index >= 15 is 0 Å². The molecule has 2 aromatic carbocycles. The molecule has 0 fully saturated rings. The van der Waals surface area contributed by atoms with Crippen molar-refractivity contribution in [3.63, 3.8) is 0 Å². The van der Waals surface area contributed by atoms with Gasteiger partial charge in [0.1, 0.15) is 0 Å². The number of hydrogen-bond donors (Lipinski definition) is 1. The van der Waals surface area contributed by atoms with E-state index in [2.05, 4.69) is 27.2 Å². The topological polar surface area (TPSA) is 59.8 Å². The highest BCUT2D eigenvalue weighted by molar-refractivity contribution is 6.34. The third kappa shape index (κ3) is 4.69. The van der Waals surface area contributed by atoms with Crippen LogP contribution < -0.4 is 5.32 Å². The van der Waals surface area contributed by atoms with Gasteiger partial charge in [-0.2, -0.15) is 5.10 Å². The molecule has 158 valence electrons. The van der Waals surface area contributed by atoms with Gasteiger partial charge in [0.05, 0.1) is 16.3 Å². The summed E-state index contributed by atoms with van der Waals surface area (Å²) < 4.78 is 16.3. The Balaban J connectivity index is 1.56. The quantitative estimate of drug-likeness (QED) is 0.440. The molecule has 0 spiro atoms. The fraction of sp³-hybridized carbons (Fsp3) is 0.0800. The fourth-order valence-corrected chi connectivity index (χ4v) is 3.39. The maximum absolute atomic E-state index is 14.6. The first kappa shape index (κ1) is 21.3. The summed E-state index contributed by atoms with van der Waals surface area (Å²) in [6, 6.07) is 15.7. The van der Waals surface area contributed by atoms with Crippen molar-refractivity contribution in [1.29, 1.82) is 0 Å². The lowest BCUT2D eigenvalue weighted by molar-refractivity contribution is 0.102. The molecule has 0 saturated carbocycles. The zero-order chi connectivity index (χ0) is 22.7. The summed E-state index contributed by atoms with van der Waals surface area (Å²) in [4.78, 5) is 16.8. The van der Waals surface area contributed by atoms with Crippen LogP contribution in [-0.4, -0.2) is 20.7 Å². The molecule has 0 bridgehead atoms. The molecule has 32 heavy (non-hydrogen) atoms. The van der Waals surface area contributed by atoms with Gasteiger partial charge < -0.3 is 5.32 Å². The number of pyridine rings is 1. The summed E-state index contributed by atoms with van der Waals surface area (Å²) >= 11 is 6.24. The van der Waals surface area contributed by atoms with Crippen LogP contribution in [0.4, 0.5) is 10.2 Å². The second-order valence-electron chi connectivity index (χ2n) is 7.12. The Morgan fingerprint density at radius 2 is 1.84 bits per heavy atom. The third-order valence-corrected chi connectivity index (χ3v) is 5.06. The predicted octanol–water partition coefficient (Wildman–Crippen LogP) is 5.24. The van der Waals surface area contributed by atoms with E-state index < -0.39 is 11.7 Å². The number of rotatable bonds is 3. The number of hydrogen-bond acceptors (Lipinski definition) is 3. The lowest BCUT2D eigenvalue weighted by atomic mass is 10.0. The molecule has 0 aliphatic carbocycles. The van der Waals surface area contributed by atoms with Crippen LogP contribution in [-0.2, 0) is 7.05 Å². The van der Waals surface area contributed by atoms with E-state index in [4.69, 9.17) is 11.6 Å².